The van der Waals surface area contributed by atoms with E-state index < -0.39 is 0 Å². The number of nitrogens with one attached hydrogen (secondary N) is 1. The number of aromatic nitrogens is 1. The summed E-state index contributed by atoms with van der Waals surface area (Å²) in [5.41, 5.74) is 6.92. The zero-order valence-corrected chi connectivity index (χ0v) is 10.3. The molecule has 5 nitrogen and oxygen atoms in total. The van der Waals surface area contributed by atoms with Gasteiger partial charge in [-0.2, -0.15) is 4.37 Å². The van der Waals surface area contributed by atoms with Crippen LogP contribution in [-0.4, -0.2) is 35.8 Å². The molecule has 0 atom stereocenters. The Labute approximate surface area is 98.8 Å². The standard InChI is InChI=1S/C10H16N4OS/c1-14(2)7(15)5-12-10-8(6-3-4-6)9(11)13-16-10/h6,12H,3-5H2,1-2H3,(H2,11,13). The Morgan fingerprint density at radius 3 is 2.88 bits per heavy atom. The van der Waals surface area contributed by atoms with Crippen molar-refractivity contribution in [2.24, 2.45) is 0 Å². The molecule has 16 heavy (non-hydrogen) atoms. The summed E-state index contributed by atoms with van der Waals surface area (Å²) in [6, 6.07) is 0. The summed E-state index contributed by atoms with van der Waals surface area (Å²) < 4.78 is 4.13. The Kier molecular flexibility index (Phi) is 3.00. The third-order valence-electron chi connectivity index (χ3n) is 2.64. The van der Waals surface area contributed by atoms with Crippen molar-refractivity contribution in [2.45, 2.75) is 18.8 Å². The molecule has 1 aliphatic rings. The van der Waals surface area contributed by atoms with Crippen molar-refractivity contribution in [3.05, 3.63) is 5.56 Å². The van der Waals surface area contributed by atoms with Crippen LogP contribution in [-0.2, 0) is 4.79 Å². The first-order valence-corrected chi connectivity index (χ1v) is 6.06. The van der Waals surface area contributed by atoms with Gasteiger partial charge in [-0.3, -0.25) is 4.79 Å². The zero-order chi connectivity index (χ0) is 11.7. The average Bonchev–Trinajstić information content (AvgIpc) is 3.00. The Bertz CT molecular complexity index is 398. The van der Waals surface area contributed by atoms with Gasteiger partial charge in [-0.15, -0.1) is 0 Å². The van der Waals surface area contributed by atoms with E-state index in [2.05, 4.69) is 9.69 Å². The van der Waals surface area contributed by atoms with Gasteiger partial charge < -0.3 is 16.0 Å². The minimum Gasteiger partial charge on any atom is -0.383 e. The second-order valence-corrected chi connectivity index (χ2v) is 5.00. The van der Waals surface area contributed by atoms with Crippen LogP contribution < -0.4 is 11.1 Å². The number of nitrogens with two attached hydrogens (primary N) is 1. The van der Waals surface area contributed by atoms with E-state index in [0.717, 1.165) is 10.6 Å². The van der Waals surface area contributed by atoms with Gasteiger partial charge in [0, 0.05) is 19.7 Å². The van der Waals surface area contributed by atoms with E-state index in [0.29, 0.717) is 18.3 Å². The lowest BCUT2D eigenvalue weighted by Crippen LogP contribution is -2.28. The van der Waals surface area contributed by atoms with E-state index in [4.69, 9.17) is 5.73 Å². The van der Waals surface area contributed by atoms with Crippen LogP contribution in [0.3, 0.4) is 0 Å². The van der Waals surface area contributed by atoms with Crippen LogP contribution in [0.25, 0.3) is 0 Å². The van der Waals surface area contributed by atoms with Crippen molar-refractivity contribution in [2.75, 3.05) is 31.7 Å². The van der Waals surface area contributed by atoms with Gasteiger partial charge in [-0.1, -0.05) is 0 Å². The molecule has 1 heterocycles. The normalized spacial score (nSPS) is 14.9. The van der Waals surface area contributed by atoms with E-state index in [1.165, 1.54) is 24.4 Å². The summed E-state index contributed by atoms with van der Waals surface area (Å²) in [5.74, 6) is 1.22. The van der Waals surface area contributed by atoms with Crippen LogP contribution in [0.4, 0.5) is 10.8 Å². The maximum absolute atomic E-state index is 11.4. The van der Waals surface area contributed by atoms with E-state index in [1.54, 1.807) is 19.0 Å². The molecule has 0 saturated heterocycles. The largest absolute Gasteiger partial charge is 0.383 e. The number of rotatable bonds is 4. The maximum atomic E-state index is 11.4. The lowest BCUT2D eigenvalue weighted by atomic mass is 10.2. The quantitative estimate of drug-likeness (QED) is 0.827. The van der Waals surface area contributed by atoms with Crippen LogP contribution >= 0.6 is 11.5 Å². The van der Waals surface area contributed by atoms with Crippen molar-refractivity contribution in [1.82, 2.24) is 9.27 Å². The van der Waals surface area contributed by atoms with Gasteiger partial charge in [-0.05, 0) is 30.3 Å². The van der Waals surface area contributed by atoms with Crippen molar-refractivity contribution in [1.29, 1.82) is 0 Å². The molecule has 1 saturated carbocycles. The molecule has 2 rings (SSSR count). The smallest absolute Gasteiger partial charge is 0.241 e. The Balaban J connectivity index is 2.01. The Morgan fingerprint density at radius 1 is 1.62 bits per heavy atom. The second kappa shape index (κ2) is 4.29. The molecule has 1 fully saturated rings. The molecule has 1 aromatic rings. The number of nitrogen functional groups attached to an aromatic ring is 1. The maximum Gasteiger partial charge on any atom is 0.241 e. The summed E-state index contributed by atoms with van der Waals surface area (Å²) in [5, 5.41) is 4.08. The predicted molar refractivity (Wildman–Crippen MR) is 65.7 cm³/mol. The highest BCUT2D eigenvalue weighted by Crippen LogP contribution is 2.47. The average molecular weight is 240 g/mol. The van der Waals surface area contributed by atoms with Crippen LogP contribution in [0.5, 0.6) is 0 Å². The topological polar surface area (TPSA) is 71.2 Å². The minimum absolute atomic E-state index is 0.0497. The number of likely N-dealkylation sites (N-methyl/N-ethyl adjacent to an activating group) is 1. The van der Waals surface area contributed by atoms with Gasteiger partial charge in [0.25, 0.3) is 0 Å². The van der Waals surface area contributed by atoms with E-state index in [9.17, 15) is 4.79 Å². The molecule has 6 heteroatoms. The number of nitrogens with zero attached hydrogens (tertiary/aromatic N) is 2. The highest BCUT2D eigenvalue weighted by Gasteiger charge is 2.30. The number of carbonyl (C=O) groups is 1. The third-order valence-corrected chi connectivity index (χ3v) is 3.48. The van der Waals surface area contributed by atoms with Gasteiger partial charge in [0.2, 0.25) is 5.91 Å². The van der Waals surface area contributed by atoms with Crippen molar-refractivity contribution in [3.8, 4) is 0 Å². The van der Waals surface area contributed by atoms with Crippen LogP contribution in [0, 0.1) is 0 Å². The van der Waals surface area contributed by atoms with E-state index in [1.807, 2.05) is 0 Å². The Hall–Kier alpha value is -1.30. The van der Waals surface area contributed by atoms with Gasteiger partial charge in [0.1, 0.15) is 10.8 Å². The highest BCUT2D eigenvalue weighted by molar-refractivity contribution is 7.10. The molecule has 0 radical (unpaired) electrons. The molecular weight excluding hydrogens is 224 g/mol. The zero-order valence-electron chi connectivity index (χ0n) is 9.49. The molecular formula is C10H16N4OS. The molecule has 1 amide bonds. The van der Waals surface area contributed by atoms with E-state index >= 15 is 0 Å². The lowest BCUT2D eigenvalue weighted by molar-refractivity contribution is -0.126. The lowest BCUT2D eigenvalue weighted by Gasteiger charge is -2.11. The molecule has 3 N–H and O–H groups in total. The minimum atomic E-state index is 0.0497. The number of amides is 1. The Morgan fingerprint density at radius 2 is 2.31 bits per heavy atom. The summed E-state index contributed by atoms with van der Waals surface area (Å²) >= 11 is 1.34. The fraction of sp³-hybridized carbons (Fsp3) is 0.600. The van der Waals surface area contributed by atoms with E-state index in [-0.39, 0.29) is 5.91 Å². The predicted octanol–water partition coefficient (Wildman–Crippen LogP) is 1.10. The summed E-state index contributed by atoms with van der Waals surface area (Å²) in [7, 11) is 3.49. The number of hydrogen-bond acceptors (Lipinski definition) is 5. The second-order valence-electron chi connectivity index (χ2n) is 4.23. The monoisotopic (exact) mass is 240 g/mol. The molecule has 1 aromatic heterocycles. The van der Waals surface area contributed by atoms with Crippen molar-refractivity contribution >= 4 is 28.3 Å². The molecule has 0 aromatic carbocycles. The fourth-order valence-electron chi connectivity index (χ4n) is 1.52. The molecule has 0 bridgehead atoms. The van der Waals surface area contributed by atoms with Gasteiger partial charge in [-0.25, -0.2) is 0 Å². The number of carbonyl (C=O) groups excluding carboxylic acids is 1. The summed E-state index contributed by atoms with van der Waals surface area (Å²) in [6.07, 6.45) is 2.36. The van der Waals surface area contributed by atoms with Crippen LogP contribution in [0.2, 0.25) is 0 Å². The van der Waals surface area contributed by atoms with Gasteiger partial charge in [0.15, 0.2) is 0 Å². The van der Waals surface area contributed by atoms with Gasteiger partial charge >= 0.3 is 0 Å². The molecule has 1 aliphatic carbocycles. The highest BCUT2D eigenvalue weighted by atomic mass is 32.1. The summed E-state index contributed by atoms with van der Waals surface area (Å²) in [6.45, 7) is 0.300. The van der Waals surface area contributed by atoms with Crippen molar-refractivity contribution < 1.29 is 4.79 Å². The molecule has 0 aliphatic heterocycles. The first-order valence-electron chi connectivity index (χ1n) is 5.28. The molecule has 0 spiro atoms. The number of anilines is 2. The number of hydrogen-bond donors (Lipinski definition) is 2. The molecule has 0 unspecified atom stereocenters. The fourth-order valence-corrected chi connectivity index (χ4v) is 2.31. The van der Waals surface area contributed by atoms with Gasteiger partial charge in [0.05, 0.1) is 6.54 Å². The molecule has 88 valence electrons. The third kappa shape index (κ3) is 2.27. The van der Waals surface area contributed by atoms with Crippen LogP contribution in [0.15, 0.2) is 0 Å². The SMILES string of the molecule is CN(C)C(=O)CNc1snc(N)c1C1CC1. The van der Waals surface area contributed by atoms with Crippen molar-refractivity contribution in [3.63, 3.8) is 0 Å². The summed E-state index contributed by atoms with van der Waals surface area (Å²) in [4.78, 5) is 13.0. The van der Waals surface area contributed by atoms with Crippen LogP contribution in [0.1, 0.15) is 24.3 Å². The first kappa shape index (κ1) is 11.2. The first-order chi connectivity index (χ1) is 7.59.